The van der Waals surface area contributed by atoms with Crippen molar-refractivity contribution in [3.63, 3.8) is 0 Å². The number of rotatable bonds is 3. The van der Waals surface area contributed by atoms with Crippen LogP contribution in [-0.2, 0) is 0 Å². The Morgan fingerprint density at radius 1 is 1.00 bits per heavy atom. The first-order valence-corrected chi connectivity index (χ1v) is 8.32. The lowest BCUT2D eigenvalue weighted by Crippen LogP contribution is -2.14. The first kappa shape index (κ1) is 17.0. The number of hydrogen-bond acceptors (Lipinski definition) is 3. The quantitative estimate of drug-likeness (QED) is 0.769. The first-order valence-electron chi connectivity index (χ1n) is 8.32. The average molecular weight is 333 g/mol. The van der Waals surface area contributed by atoms with Gasteiger partial charge in [0.05, 0.1) is 11.2 Å². The molecule has 0 spiro atoms. The van der Waals surface area contributed by atoms with Crippen molar-refractivity contribution >= 4 is 28.2 Å². The number of amides is 1. The molecule has 2 aromatic carbocycles. The number of benzene rings is 2. The summed E-state index contributed by atoms with van der Waals surface area (Å²) in [5.74, 6) is -0.114. The topological polar surface area (TPSA) is 45.2 Å². The zero-order valence-corrected chi connectivity index (χ0v) is 15.3. The molecular weight excluding hydrogens is 310 g/mol. The molecule has 1 heterocycles. The standard InChI is InChI=1S/C21H23N3O/c1-13-10-14(2)20-18(11-13)19(12-15(3)22-20)23-21(25)16-6-8-17(9-7-16)24(4)5/h6-12H,1-5H3,(H,22,23,25). The van der Waals surface area contributed by atoms with Crippen LogP contribution in [0, 0.1) is 20.8 Å². The number of hydrogen-bond donors (Lipinski definition) is 1. The highest BCUT2D eigenvalue weighted by Crippen LogP contribution is 2.27. The number of nitrogens with one attached hydrogen (secondary N) is 1. The molecule has 0 atom stereocenters. The Labute approximate surface area is 148 Å². The highest BCUT2D eigenvalue weighted by Gasteiger charge is 2.12. The predicted molar refractivity (Wildman–Crippen MR) is 105 cm³/mol. The Morgan fingerprint density at radius 3 is 2.32 bits per heavy atom. The molecule has 1 aromatic heterocycles. The summed E-state index contributed by atoms with van der Waals surface area (Å²) >= 11 is 0. The molecule has 1 amide bonds. The molecule has 3 aromatic rings. The van der Waals surface area contributed by atoms with E-state index in [4.69, 9.17) is 0 Å². The maximum atomic E-state index is 12.7. The summed E-state index contributed by atoms with van der Waals surface area (Å²) in [6, 6.07) is 13.7. The Balaban J connectivity index is 1.98. The van der Waals surface area contributed by atoms with Gasteiger partial charge in [-0.1, -0.05) is 11.6 Å². The van der Waals surface area contributed by atoms with Gasteiger partial charge in [-0.3, -0.25) is 9.78 Å². The third kappa shape index (κ3) is 3.48. The van der Waals surface area contributed by atoms with Gasteiger partial charge in [0, 0.05) is 36.4 Å². The maximum Gasteiger partial charge on any atom is 0.255 e. The minimum Gasteiger partial charge on any atom is -0.378 e. The van der Waals surface area contributed by atoms with E-state index in [-0.39, 0.29) is 5.91 Å². The second-order valence-corrected chi connectivity index (χ2v) is 6.68. The number of carbonyl (C=O) groups is 1. The Morgan fingerprint density at radius 2 is 1.68 bits per heavy atom. The van der Waals surface area contributed by atoms with Crippen molar-refractivity contribution in [3.05, 3.63) is 64.8 Å². The van der Waals surface area contributed by atoms with Crippen LogP contribution in [0.4, 0.5) is 11.4 Å². The summed E-state index contributed by atoms with van der Waals surface area (Å²) < 4.78 is 0. The van der Waals surface area contributed by atoms with Crippen molar-refractivity contribution in [2.45, 2.75) is 20.8 Å². The second-order valence-electron chi connectivity index (χ2n) is 6.68. The number of fused-ring (bicyclic) bond motifs is 1. The van der Waals surface area contributed by atoms with Gasteiger partial charge >= 0.3 is 0 Å². The van der Waals surface area contributed by atoms with Gasteiger partial charge < -0.3 is 10.2 Å². The van der Waals surface area contributed by atoms with E-state index in [9.17, 15) is 4.79 Å². The van der Waals surface area contributed by atoms with E-state index in [1.54, 1.807) is 0 Å². The van der Waals surface area contributed by atoms with Crippen LogP contribution in [0.3, 0.4) is 0 Å². The number of nitrogens with zero attached hydrogens (tertiary/aromatic N) is 2. The fraction of sp³-hybridized carbons (Fsp3) is 0.238. The van der Waals surface area contributed by atoms with Crippen molar-refractivity contribution in [2.75, 3.05) is 24.3 Å². The molecular formula is C21H23N3O. The number of aromatic nitrogens is 1. The van der Waals surface area contributed by atoms with Gasteiger partial charge in [-0.25, -0.2) is 0 Å². The smallest absolute Gasteiger partial charge is 0.255 e. The Bertz CT molecular complexity index is 944. The van der Waals surface area contributed by atoms with Crippen LogP contribution in [0.15, 0.2) is 42.5 Å². The fourth-order valence-electron chi connectivity index (χ4n) is 3.02. The molecule has 25 heavy (non-hydrogen) atoms. The Kier molecular flexibility index (Phi) is 4.45. The summed E-state index contributed by atoms with van der Waals surface area (Å²) in [5, 5.41) is 4.03. The lowest BCUT2D eigenvalue weighted by Gasteiger charge is -2.14. The van der Waals surface area contributed by atoms with Gasteiger partial charge in [0.25, 0.3) is 5.91 Å². The molecule has 3 rings (SSSR count). The minimum absolute atomic E-state index is 0.114. The van der Waals surface area contributed by atoms with Gasteiger partial charge in [0.15, 0.2) is 0 Å². The largest absolute Gasteiger partial charge is 0.378 e. The molecule has 4 heteroatoms. The summed E-state index contributed by atoms with van der Waals surface area (Å²) in [5.41, 5.74) is 6.59. The number of pyridine rings is 1. The van der Waals surface area contributed by atoms with Crippen LogP contribution >= 0.6 is 0 Å². The van der Waals surface area contributed by atoms with Crippen LogP contribution in [0.25, 0.3) is 10.9 Å². The van der Waals surface area contributed by atoms with E-state index >= 15 is 0 Å². The van der Waals surface area contributed by atoms with Gasteiger partial charge in [0.1, 0.15) is 0 Å². The number of aryl methyl sites for hydroxylation is 3. The van der Waals surface area contributed by atoms with Crippen molar-refractivity contribution in [2.24, 2.45) is 0 Å². The van der Waals surface area contributed by atoms with Crippen LogP contribution in [0.5, 0.6) is 0 Å². The molecule has 0 unspecified atom stereocenters. The average Bonchev–Trinajstić information content (AvgIpc) is 2.56. The highest BCUT2D eigenvalue weighted by atomic mass is 16.1. The van der Waals surface area contributed by atoms with Crippen LogP contribution in [-0.4, -0.2) is 25.0 Å². The lowest BCUT2D eigenvalue weighted by atomic mass is 10.0. The summed E-state index contributed by atoms with van der Waals surface area (Å²) in [6.07, 6.45) is 0. The second kappa shape index (κ2) is 6.55. The molecule has 4 nitrogen and oxygen atoms in total. The SMILES string of the molecule is Cc1cc(C)c2nc(C)cc(NC(=O)c3ccc(N(C)C)cc3)c2c1. The molecule has 0 aliphatic rings. The fourth-order valence-corrected chi connectivity index (χ4v) is 3.02. The van der Waals surface area contributed by atoms with E-state index in [0.717, 1.165) is 39.1 Å². The van der Waals surface area contributed by atoms with Crippen molar-refractivity contribution < 1.29 is 4.79 Å². The Hall–Kier alpha value is -2.88. The van der Waals surface area contributed by atoms with E-state index in [2.05, 4.69) is 29.4 Å². The van der Waals surface area contributed by atoms with E-state index in [1.165, 1.54) is 0 Å². The normalized spacial score (nSPS) is 10.8. The molecule has 0 saturated carbocycles. The van der Waals surface area contributed by atoms with Gasteiger partial charge in [-0.2, -0.15) is 0 Å². The predicted octanol–water partition coefficient (Wildman–Crippen LogP) is 4.48. The summed E-state index contributed by atoms with van der Waals surface area (Å²) in [4.78, 5) is 19.3. The minimum atomic E-state index is -0.114. The zero-order chi connectivity index (χ0) is 18.1. The monoisotopic (exact) mass is 333 g/mol. The van der Waals surface area contributed by atoms with E-state index in [0.29, 0.717) is 5.56 Å². The molecule has 0 bridgehead atoms. The molecule has 0 radical (unpaired) electrons. The van der Waals surface area contributed by atoms with Gasteiger partial charge in [0.2, 0.25) is 0 Å². The zero-order valence-electron chi connectivity index (χ0n) is 15.3. The van der Waals surface area contributed by atoms with E-state index < -0.39 is 0 Å². The number of carbonyl (C=O) groups excluding carboxylic acids is 1. The number of anilines is 2. The van der Waals surface area contributed by atoms with Crippen molar-refractivity contribution in [1.29, 1.82) is 0 Å². The highest BCUT2D eigenvalue weighted by molar-refractivity contribution is 6.09. The van der Waals surface area contributed by atoms with E-state index in [1.807, 2.05) is 63.2 Å². The molecule has 0 fully saturated rings. The van der Waals surface area contributed by atoms with Crippen LogP contribution in [0.1, 0.15) is 27.2 Å². The summed E-state index contributed by atoms with van der Waals surface area (Å²) in [6.45, 7) is 6.05. The maximum absolute atomic E-state index is 12.7. The van der Waals surface area contributed by atoms with Gasteiger partial charge in [-0.05, 0) is 62.7 Å². The third-order valence-electron chi connectivity index (χ3n) is 4.27. The summed E-state index contributed by atoms with van der Waals surface area (Å²) in [7, 11) is 3.96. The first-order chi connectivity index (χ1) is 11.8. The lowest BCUT2D eigenvalue weighted by molar-refractivity contribution is 0.102. The molecule has 0 aliphatic carbocycles. The van der Waals surface area contributed by atoms with Crippen molar-refractivity contribution in [3.8, 4) is 0 Å². The van der Waals surface area contributed by atoms with Crippen molar-refractivity contribution in [1.82, 2.24) is 4.98 Å². The van der Waals surface area contributed by atoms with Gasteiger partial charge in [-0.15, -0.1) is 0 Å². The van der Waals surface area contributed by atoms with Crippen LogP contribution < -0.4 is 10.2 Å². The molecule has 0 saturated heterocycles. The third-order valence-corrected chi connectivity index (χ3v) is 4.27. The molecule has 1 N–H and O–H groups in total. The molecule has 128 valence electrons. The molecule has 0 aliphatic heterocycles. The van der Waals surface area contributed by atoms with Crippen LogP contribution in [0.2, 0.25) is 0 Å².